The maximum Gasteiger partial charge on any atom is 0.169 e. The second-order valence-corrected chi connectivity index (χ2v) is 15.3. The molecule has 6 heterocycles. The summed E-state index contributed by atoms with van der Waals surface area (Å²) < 4.78 is 30.6. The van der Waals surface area contributed by atoms with E-state index >= 15 is 0 Å². The molecule has 2 aliphatic heterocycles. The van der Waals surface area contributed by atoms with Gasteiger partial charge in [0.1, 0.15) is 33.6 Å². The molecule has 0 amide bonds. The molecule has 2 saturated heterocycles. The number of carbonyl (C=O) groups is 1. The van der Waals surface area contributed by atoms with Crippen LogP contribution in [0.25, 0.3) is 39.6 Å². The number of hydrogen-bond donors (Lipinski definition) is 0. The topological polar surface area (TPSA) is 83.9 Å². The minimum absolute atomic E-state index is 0.202. The van der Waals surface area contributed by atoms with Crippen molar-refractivity contribution in [2.45, 2.75) is 39.5 Å². The number of halogens is 6. The standard InChI is InChI=1S/C20H19Cl2FN4.C19H17Cl2FN4O/c1-3-13-11-24-27-19(13)25-18(22)17(15-5-4-14(23)10-16(15)21)20(27)26-8-6-12(2)7-9-26;1-11-4-6-25(7-5-11)19-16(14-3-2-13(22)8-15(14)20)17(21)24-18-12(10-27)9-23-26(18)19/h3-5,10-12H,1,6-9H2,2H3;2-3,8-11H,4-7H2,1H3. The van der Waals surface area contributed by atoms with Gasteiger partial charge in [-0.25, -0.2) is 18.7 Å². The summed E-state index contributed by atoms with van der Waals surface area (Å²) in [6.07, 6.45) is 9.81. The Kier molecular flexibility index (Phi) is 11.1. The zero-order valence-electron chi connectivity index (χ0n) is 29.5. The number of aromatic nitrogens is 6. The van der Waals surface area contributed by atoms with Gasteiger partial charge in [0.05, 0.1) is 39.1 Å². The van der Waals surface area contributed by atoms with Crippen LogP contribution in [-0.2, 0) is 0 Å². The molecule has 0 aliphatic carbocycles. The maximum absolute atomic E-state index is 13.6. The van der Waals surface area contributed by atoms with Gasteiger partial charge in [0.25, 0.3) is 0 Å². The van der Waals surface area contributed by atoms with Gasteiger partial charge in [0, 0.05) is 42.9 Å². The number of carbonyl (C=O) groups excluding carboxylic acids is 1. The van der Waals surface area contributed by atoms with E-state index in [1.807, 2.05) is 0 Å². The Labute approximate surface area is 331 Å². The summed E-state index contributed by atoms with van der Waals surface area (Å²) in [6.45, 7) is 11.7. The van der Waals surface area contributed by atoms with E-state index in [0.717, 1.165) is 69.1 Å². The molecule has 0 bridgehead atoms. The molecule has 6 aromatic rings. The average molecular weight is 813 g/mol. The highest BCUT2D eigenvalue weighted by molar-refractivity contribution is 6.37. The highest BCUT2D eigenvalue weighted by Crippen LogP contribution is 2.43. The molecule has 0 spiro atoms. The highest BCUT2D eigenvalue weighted by atomic mass is 35.5. The molecule has 0 saturated carbocycles. The summed E-state index contributed by atoms with van der Waals surface area (Å²) in [5.41, 5.74) is 4.68. The fraction of sp³-hybridized carbons (Fsp3) is 0.308. The fourth-order valence-corrected chi connectivity index (χ4v) is 8.09. The van der Waals surface area contributed by atoms with Crippen molar-refractivity contribution >= 4 is 81.7 Å². The molecule has 2 fully saturated rings. The minimum atomic E-state index is -0.426. The lowest BCUT2D eigenvalue weighted by atomic mass is 9.98. The van der Waals surface area contributed by atoms with E-state index in [1.54, 1.807) is 33.4 Å². The van der Waals surface area contributed by atoms with Crippen molar-refractivity contribution in [2.75, 3.05) is 36.0 Å². The SMILES string of the molecule is C=Cc1cnn2c(N3CCC(C)CC3)c(-c3ccc(F)cc3Cl)c(Cl)nc12.CC1CCN(c2c(-c3ccc(F)cc3Cl)c(Cl)nc3c(C=O)cnn23)CC1. The molecule has 9 nitrogen and oxygen atoms in total. The normalized spacial score (nSPS) is 15.5. The summed E-state index contributed by atoms with van der Waals surface area (Å²) in [5, 5.41) is 9.94. The number of benzene rings is 2. The van der Waals surface area contributed by atoms with Crippen LogP contribution in [0.3, 0.4) is 0 Å². The third kappa shape index (κ3) is 7.26. The number of rotatable bonds is 6. The first-order chi connectivity index (χ1) is 26.0. The lowest BCUT2D eigenvalue weighted by Crippen LogP contribution is -2.34. The molecule has 15 heteroatoms. The Balaban J connectivity index is 0.000000167. The first-order valence-electron chi connectivity index (χ1n) is 17.6. The van der Waals surface area contributed by atoms with Crippen molar-refractivity contribution < 1.29 is 13.6 Å². The summed E-state index contributed by atoms with van der Waals surface area (Å²) in [5.74, 6) is 2.04. The second kappa shape index (κ2) is 15.8. The van der Waals surface area contributed by atoms with Gasteiger partial charge in [0.15, 0.2) is 17.6 Å². The van der Waals surface area contributed by atoms with Crippen LogP contribution in [0.4, 0.5) is 20.4 Å². The first-order valence-corrected chi connectivity index (χ1v) is 19.1. The van der Waals surface area contributed by atoms with Gasteiger partial charge in [-0.2, -0.15) is 19.2 Å². The van der Waals surface area contributed by atoms with Crippen LogP contribution in [0.15, 0.2) is 55.4 Å². The van der Waals surface area contributed by atoms with Crippen LogP contribution in [-0.4, -0.2) is 61.7 Å². The number of anilines is 2. The molecule has 4 aromatic heterocycles. The van der Waals surface area contributed by atoms with E-state index in [4.69, 9.17) is 46.4 Å². The van der Waals surface area contributed by atoms with E-state index in [1.165, 1.54) is 30.5 Å². The molecule has 2 aromatic carbocycles. The van der Waals surface area contributed by atoms with Crippen molar-refractivity contribution in [3.8, 4) is 22.3 Å². The summed E-state index contributed by atoms with van der Waals surface area (Å²) in [4.78, 5) is 24.7. The van der Waals surface area contributed by atoms with Crippen molar-refractivity contribution in [1.82, 2.24) is 29.2 Å². The molecule has 2 aliphatic rings. The van der Waals surface area contributed by atoms with Gasteiger partial charge in [-0.15, -0.1) is 0 Å². The Morgan fingerprint density at radius 3 is 1.48 bits per heavy atom. The average Bonchev–Trinajstić information content (AvgIpc) is 3.75. The van der Waals surface area contributed by atoms with Gasteiger partial charge in [0.2, 0.25) is 0 Å². The van der Waals surface area contributed by atoms with Gasteiger partial charge >= 0.3 is 0 Å². The summed E-state index contributed by atoms with van der Waals surface area (Å²) in [7, 11) is 0. The third-order valence-electron chi connectivity index (χ3n) is 10.1. The lowest BCUT2D eigenvalue weighted by Gasteiger charge is -2.33. The van der Waals surface area contributed by atoms with E-state index < -0.39 is 11.6 Å². The van der Waals surface area contributed by atoms with Crippen molar-refractivity contribution in [3.05, 3.63) is 98.5 Å². The van der Waals surface area contributed by atoms with Crippen LogP contribution in [0.5, 0.6) is 0 Å². The number of nitrogens with zero attached hydrogens (tertiary/aromatic N) is 8. The quantitative estimate of drug-likeness (QED) is 0.122. The van der Waals surface area contributed by atoms with Crippen LogP contribution in [0.1, 0.15) is 55.5 Å². The number of piperidine rings is 2. The lowest BCUT2D eigenvalue weighted by molar-refractivity contribution is 0.112. The second-order valence-electron chi connectivity index (χ2n) is 13.8. The highest BCUT2D eigenvalue weighted by Gasteiger charge is 2.29. The molecule has 0 atom stereocenters. The number of hydrogen-bond acceptors (Lipinski definition) is 7. The predicted octanol–water partition coefficient (Wildman–Crippen LogP) is 10.6. The first kappa shape index (κ1) is 38.0. The molecular formula is C39H36Cl4F2N8O. The van der Waals surface area contributed by atoms with Crippen LogP contribution >= 0.6 is 46.4 Å². The van der Waals surface area contributed by atoms with Gasteiger partial charge in [-0.05, 0) is 73.9 Å². The molecule has 0 N–H and O–H groups in total. The Morgan fingerprint density at radius 1 is 0.685 bits per heavy atom. The zero-order chi connectivity index (χ0) is 38.3. The van der Waals surface area contributed by atoms with E-state index in [2.05, 4.69) is 50.4 Å². The van der Waals surface area contributed by atoms with E-state index in [9.17, 15) is 13.6 Å². The monoisotopic (exact) mass is 810 g/mol. The van der Waals surface area contributed by atoms with Crippen molar-refractivity contribution in [2.24, 2.45) is 11.8 Å². The Morgan fingerprint density at radius 2 is 1.09 bits per heavy atom. The minimum Gasteiger partial charge on any atom is -0.356 e. The molecule has 54 heavy (non-hydrogen) atoms. The molecular weight excluding hydrogens is 776 g/mol. The van der Waals surface area contributed by atoms with Crippen LogP contribution < -0.4 is 9.80 Å². The predicted molar refractivity (Wildman–Crippen MR) is 214 cm³/mol. The Bertz CT molecular complexity index is 2220. The molecule has 0 radical (unpaired) electrons. The van der Waals surface area contributed by atoms with E-state index in [-0.39, 0.29) is 10.2 Å². The molecule has 8 rings (SSSR count). The van der Waals surface area contributed by atoms with E-state index in [0.29, 0.717) is 67.4 Å². The largest absolute Gasteiger partial charge is 0.356 e. The third-order valence-corrected chi connectivity index (χ3v) is 11.3. The van der Waals surface area contributed by atoms with Gasteiger partial charge < -0.3 is 9.80 Å². The van der Waals surface area contributed by atoms with Crippen LogP contribution in [0, 0.1) is 23.5 Å². The molecule has 280 valence electrons. The van der Waals surface area contributed by atoms with Crippen LogP contribution in [0.2, 0.25) is 20.4 Å². The molecule has 0 unspecified atom stereocenters. The number of fused-ring (bicyclic) bond motifs is 2. The number of aldehydes is 1. The summed E-state index contributed by atoms with van der Waals surface area (Å²) >= 11 is 25.9. The van der Waals surface area contributed by atoms with Crippen molar-refractivity contribution in [1.29, 1.82) is 0 Å². The smallest absolute Gasteiger partial charge is 0.169 e. The van der Waals surface area contributed by atoms with Crippen molar-refractivity contribution in [3.63, 3.8) is 0 Å². The zero-order valence-corrected chi connectivity index (χ0v) is 32.6. The van der Waals surface area contributed by atoms with Gasteiger partial charge in [-0.1, -0.05) is 72.9 Å². The summed E-state index contributed by atoms with van der Waals surface area (Å²) in [6, 6.07) is 8.48. The fourth-order valence-electron chi connectivity index (χ4n) is 7.04. The maximum atomic E-state index is 13.6. The van der Waals surface area contributed by atoms with Gasteiger partial charge in [-0.3, -0.25) is 4.79 Å². The Hall–Kier alpha value is -4.29.